The first kappa shape index (κ1) is 22.2. The molecule has 0 amide bonds. The summed E-state index contributed by atoms with van der Waals surface area (Å²) >= 11 is 0. The van der Waals surface area contributed by atoms with Crippen molar-refractivity contribution in [1.82, 2.24) is 5.32 Å². The molecule has 32 heavy (non-hydrogen) atoms. The maximum atomic E-state index is 5.48. The van der Waals surface area contributed by atoms with E-state index in [0.29, 0.717) is 12.0 Å². The minimum absolute atomic E-state index is 0.441. The number of benzene rings is 3. The Labute approximate surface area is 191 Å². The molecule has 0 spiro atoms. The lowest BCUT2D eigenvalue weighted by Gasteiger charge is -2.35. The van der Waals surface area contributed by atoms with E-state index in [0.717, 1.165) is 49.5 Å². The fourth-order valence-corrected chi connectivity index (χ4v) is 4.82. The van der Waals surface area contributed by atoms with Crippen LogP contribution in [0.5, 0.6) is 17.2 Å². The fourth-order valence-electron chi connectivity index (χ4n) is 4.82. The average molecular weight is 432 g/mol. The Morgan fingerprint density at radius 2 is 1.62 bits per heavy atom. The molecule has 4 nitrogen and oxygen atoms in total. The van der Waals surface area contributed by atoms with Gasteiger partial charge in [-0.3, -0.25) is 0 Å². The summed E-state index contributed by atoms with van der Waals surface area (Å²) in [5.74, 6) is 2.94. The van der Waals surface area contributed by atoms with Crippen LogP contribution in [0.1, 0.15) is 34.6 Å². The Morgan fingerprint density at radius 3 is 2.38 bits per heavy atom. The highest BCUT2D eigenvalue weighted by Gasteiger charge is 2.29. The molecule has 4 heteroatoms. The summed E-state index contributed by atoms with van der Waals surface area (Å²) in [6.07, 6.45) is 4.19. The molecule has 0 fully saturated rings. The van der Waals surface area contributed by atoms with Gasteiger partial charge in [0.2, 0.25) is 0 Å². The maximum absolute atomic E-state index is 5.48. The van der Waals surface area contributed by atoms with Crippen molar-refractivity contribution in [1.29, 1.82) is 0 Å². The minimum atomic E-state index is 0.441. The topological polar surface area (TPSA) is 39.7 Å². The molecule has 0 aromatic heterocycles. The van der Waals surface area contributed by atoms with E-state index < -0.39 is 0 Å². The van der Waals surface area contributed by atoms with E-state index >= 15 is 0 Å². The predicted molar refractivity (Wildman–Crippen MR) is 129 cm³/mol. The van der Waals surface area contributed by atoms with Gasteiger partial charge in [0.15, 0.2) is 11.5 Å². The summed E-state index contributed by atoms with van der Waals surface area (Å²) < 4.78 is 16.3. The van der Waals surface area contributed by atoms with Crippen LogP contribution in [0.25, 0.3) is 0 Å². The summed E-state index contributed by atoms with van der Waals surface area (Å²) in [6.45, 7) is 0.928. The zero-order chi connectivity index (χ0) is 22.3. The van der Waals surface area contributed by atoms with Crippen molar-refractivity contribution in [2.24, 2.45) is 0 Å². The predicted octanol–water partition coefficient (Wildman–Crippen LogP) is 5.19. The van der Waals surface area contributed by atoms with Crippen molar-refractivity contribution in [2.45, 2.75) is 37.6 Å². The summed E-state index contributed by atoms with van der Waals surface area (Å²) in [5.41, 5.74) is 5.50. The lowest BCUT2D eigenvalue weighted by Crippen LogP contribution is -2.40. The molecule has 4 rings (SSSR count). The Kier molecular flexibility index (Phi) is 7.33. The molecule has 2 atom stereocenters. The van der Waals surface area contributed by atoms with E-state index in [9.17, 15) is 0 Å². The van der Waals surface area contributed by atoms with E-state index in [1.54, 1.807) is 21.3 Å². The molecule has 1 aliphatic rings. The first-order valence-corrected chi connectivity index (χ1v) is 11.4. The number of aryl methyl sites for hydroxylation is 1. The standard InChI is InChI=1S/C28H33NO3/c1-30-23-11-12-24-22(19-23)10-13-26(25(24)17-20-7-5-4-6-8-20)29-16-15-21-9-14-27(31-2)28(18-21)32-3/h4-9,11-12,14,18-19,25-26,29H,10,13,15-17H2,1-3H3/t25?,26-/m0/s1. The van der Waals surface area contributed by atoms with Crippen LogP contribution >= 0.6 is 0 Å². The Hall–Kier alpha value is -2.98. The average Bonchev–Trinajstić information content (AvgIpc) is 2.85. The van der Waals surface area contributed by atoms with Crippen LogP contribution in [0.15, 0.2) is 66.7 Å². The highest BCUT2D eigenvalue weighted by atomic mass is 16.5. The number of methoxy groups -OCH3 is 3. The Morgan fingerprint density at radius 1 is 0.812 bits per heavy atom. The molecule has 1 N–H and O–H groups in total. The first-order valence-electron chi connectivity index (χ1n) is 11.4. The second-order valence-electron chi connectivity index (χ2n) is 8.40. The molecule has 0 bridgehead atoms. The number of rotatable bonds is 9. The molecule has 0 aliphatic heterocycles. The normalized spacial score (nSPS) is 17.5. The molecule has 1 aliphatic carbocycles. The molecule has 0 saturated heterocycles. The highest BCUT2D eigenvalue weighted by molar-refractivity contribution is 5.43. The second-order valence-corrected chi connectivity index (χ2v) is 8.40. The van der Waals surface area contributed by atoms with Crippen molar-refractivity contribution in [3.8, 4) is 17.2 Å². The number of hydrogen-bond acceptors (Lipinski definition) is 4. The number of hydrogen-bond donors (Lipinski definition) is 1. The first-order chi connectivity index (χ1) is 15.7. The summed E-state index contributed by atoms with van der Waals surface area (Å²) in [4.78, 5) is 0. The molecule has 0 radical (unpaired) electrons. The van der Waals surface area contributed by atoms with Crippen molar-refractivity contribution in [2.75, 3.05) is 27.9 Å². The third-order valence-electron chi connectivity index (χ3n) is 6.53. The third kappa shape index (κ3) is 5.08. The van der Waals surface area contributed by atoms with Gasteiger partial charge in [-0.05, 0) is 78.7 Å². The molecular weight excluding hydrogens is 398 g/mol. The number of fused-ring (bicyclic) bond motifs is 1. The van der Waals surface area contributed by atoms with Crippen LogP contribution in [0.4, 0.5) is 0 Å². The fraction of sp³-hybridized carbons (Fsp3) is 0.357. The van der Waals surface area contributed by atoms with E-state index in [-0.39, 0.29) is 0 Å². The van der Waals surface area contributed by atoms with Crippen molar-refractivity contribution in [3.05, 3.63) is 89.0 Å². The van der Waals surface area contributed by atoms with Crippen LogP contribution in [-0.2, 0) is 19.3 Å². The summed E-state index contributed by atoms with van der Waals surface area (Å²) in [5, 5.41) is 3.87. The van der Waals surface area contributed by atoms with Gasteiger partial charge in [-0.1, -0.05) is 42.5 Å². The molecule has 3 aromatic rings. The van der Waals surface area contributed by atoms with Crippen LogP contribution in [0, 0.1) is 0 Å². The lowest BCUT2D eigenvalue weighted by molar-refractivity contribution is 0.354. The van der Waals surface area contributed by atoms with Gasteiger partial charge in [0.1, 0.15) is 5.75 Å². The van der Waals surface area contributed by atoms with Crippen molar-refractivity contribution >= 4 is 0 Å². The molecule has 168 valence electrons. The van der Waals surface area contributed by atoms with Gasteiger partial charge in [-0.2, -0.15) is 0 Å². The number of nitrogens with one attached hydrogen (secondary N) is 1. The van der Waals surface area contributed by atoms with Gasteiger partial charge in [0.05, 0.1) is 21.3 Å². The molecule has 1 unspecified atom stereocenters. The maximum Gasteiger partial charge on any atom is 0.160 e. The van der Waals surface area contributed by atoms with Gasteiger partial charge in [-0.25, -0.2) is 0 Å². The zero-order valence-electron chi connectivity index (χ0n) is 19.3. The molecule has 0 heterocycles. The van der Waals surface area contributed by atoms with Crippen LogP contribution in [-0.4, -0.2) is 33.9 Å². The summed E-state index contributed by atoms with van der Waals surface area (Å²) in [7, 11) is 5.09. The second kappa shape index (κ2) is 10.6. The van der Waals surface area contributed by atoms with E-state index in [1.165, 1.54) is 22.3 Å². The van der Waals surface area contributed by atoms with E-state index in [4.69, 9.17) is 14.2 Å². The number of ether oxygens (including phenoxy) is 3. The van der Waals surface area contributed by atoms with Gasteiger partial charge >= 0.3 is 0 Å². The van der Waals surface area contributed by atoms with E-state index in [1.807, 2.05) is 6.07 Å². The van der Waals surface area contributed by atoms with Crippen molar-refractivity contribution < 1.29 is 14.2 Å². The third-order valence-corrected chi connectivity index (χ3v) is 6.53. The quantitative estimate of drug-likeness (QED) is 0.506. The van der Waals surface area contributed by atoms with Gasteiger partial charge in [-0.15, -0.1) is 0 Å². The summed E-state index contributed by atoms with van der Waals surface area (Å²) in [6, 6.07) is 24.0. The zero-order valence-corrected chi connectivity index (χ0v) is 19.3. The van der Waals surface area contributed by atoms with Crippen LogP contribution in [0.3, 0.4) is 0 Å². The SMILES string of the molecule is COc1ccc2c(c1)CC[C@H](NCCc1ccc(OC)c(OC)c1)C2Cc1ccccc1. The smallest absolute Gasteiger partial charge is 0.160 e. The van der Waals surface area contributed by atoms with Crippen molar-refractivity contribution in [3.63, 3.8) is 0 Å². The van der Waals surface area contributed by atoms with Crippen LogP contribution in [0.2, 0.25) is 0 Å². The highest BCUT2D eigenvalue weighted by Crippen LogP contribution is 2.36. The Balaban J connectivity index is 1.48. The van der Waals surface area contributed by atoms with Gasteiger partial charge in [0, 0.05) is 12.0 Å². The molecule has 0 saturated carbocycles. The monoisotopic (exact) mass is 431 g/mol. The Bertz CT molecular complexity index is 1020. The molecule has 3 aromatic carbocycles. The largest absolute Gasteiger partial charge is 0.497 e. The van der Waals surface area contributed by atoms with Crippen LogP contribution < -0.4 is 19.5 Å². The minimum Gasteiger partial charge on any atom is -0.497 e. The molecular formula is C28H33NO3. The van der Waals surface area contributed by atoms with Gasteiger partial charge < -0.3 is 19.5 Å². The van der Waals surface area contributed by atoms with Gasteiger partial charge in [0.25, 0.3) is 0 Å². The van der Waals surface area contributed by atoms with E-state index in [2.05, 4.69) is 66.0 Å². The lowest BCUT2D eigenvalue weighted by atomic mass is 9.76.